The minimum Gasteiger partial charge on any atom is -0.495 e. The molecule has 0 unspecified atom stereocenters. The Morgan fingerprint density at radius 3 is 2.62 bits per heavy atom. The first kappa shape index (κ1) is 16.1. The fraction of sp³-hybridized carbons (Fsp3) is 0.0625. The molecule has 3 rings (SSSR count). The number of rotatable bonds is 4. The Balaban J connectivity index is 2.04. The molecule has 24 heavy (non-hydrogen) atoms. The summed E-state index contributed by atoms with van der Waals surface area (Å²) in [6.07, 6.45) is 1.52. The van der Waals surface area contributed by atoms with Gasteiger partial charge in [0.25, 0.3) is 5.69 Å². The van der Waals surface area contributed by atoms with Crippen molar-refractivity contribution in [1.29, 1.82) is 0 Å². The van der Waals surface area contributed by atoms with Crippen LogP contribution in [0.4, 0.5) is 10.1 Å². The van der Waals surface area contributed by atoms with E-state index < -0.39 is 10.7 Å². The second kappa shape index (κ2) is 6.40. The second-order valence-electron chi connectivity index (χ2n) is 4.79. The fourth-order valence-corrected chi connectivity index (χ4v) is 2.68. The van der Waals surface area contributed by atoms with Crippen LogP contribution >= 0.6 is 15.9 Å². The lowest BCUT2D eigenvalue weighted by Crippen LogP contribution is -1.94. The van der Waals surface area contributed by atoms with E-state index in [1.165, 1.54) is 18.3 Å². The summed E-state index contributed by atoms with van der Waals surface area (Å²) in [5.74, 6) is 0.0477. The van der Waals surface area contributed by atoms with Crippen LogP contribution in [0.15, 0.2) is 47.1 Å². The Morgan fingerprint density at radius 2 is 1.96 bits per heavy atom. The zero-order chi connectivity index (χ0) is 17.3. The molecule has 1 aromatic heterocycles. The molecule has 0 bridgehead atoms. The quantitative estimate of drug-likeness (QED) is 0.468. The predicted molar refractivity (Wildman–Crippen MR) is 89.1 cm³/mol. The van der Waals surface area contributed by atoms with Crippen LogP contribution < -0.4 is 9.47 Å². The van der Waals surface area contributed by atoms with E-state index in [1.807, 2.05) is 0 Å². The topological polar surface area (TPSA) is 74.5 Å². The van der Waals surface area contributed by atoms with Crippen LogP contribution in [0.25, 0.3) is 10.9 Å². The van der Waals surface area contributed by atoms with E-state index in [2.05, 4.69) is 20.9 Å². The average Bonchev–Trinajstić information content (AvgIpc) is 2.56. The maximum atomic E-state index is 14.0. The van der Waals surface area contributed by atoms with Gasteiger partial charge in [-0.05, 0) is 34.1 Å². The van der Waals surface area contributed by atoms with E-state index in [1.54, 1.807) is 25.3 Å². The van der Waals surface area contributed by atoms with Crippen molar-refractivity contribution in [3.05, 3.63) is 63.0 Å². The van der Waals surface area contributed by atoms with E-state index in [-0.39, 0.29) is 11.4 Å². The SMILES string of the molecule is COc1cc2nccc(Oc3ccc([N+](=O)[O-])cc3F)c2cc1Br. The maximum Gasteiger partial charge on any atom is 0.272 e. The monoisotopic (exact) mass is 392 g/mol. The van der Waals surface area contributed by atoms with Gasteiger partial charge >= 0.3 is 0 Å². The number of benzene rings is 2. The Morgan fingerprint density at radius 1 is 1.17 bits per heavy atom. The standard InChI is InChI=1S/C16H10BrFN2O4/c1-23-16-8-13-10(7-11(16)17)14(4-5-19-13)24-15-3-2-9(20(21)22)6-12(15)18/h2-8H,1H3. The Hall–Kier alpha value is -2.74. The highest BCUT2D eigenvalue weighted by atomic mass is 79.9. The summed E-state index contributed by atoms with van der Waals surface area (Å²) in [6, 6.07) is 8.27. The molecule has 3 aromatic rings. The van der Waals surface area contributed by atoms with Gasteiger partial charge in [0.15, 0.2) is 11.6 Å². The number of hydrogen-bond donors (Lipinski definition) is 0. The summed E-state index contributed by atoms with van der Waals surface area (Å²) in [4.78, 5) is 14.2. The smallest absolute Gasteiger partial charge is 0.272 e. The van der Waals surface area contributed by atoms with Crippen LogP contribution in [0.3, 0.4) is 0 Å². The molecule has 0 aliphatic rings. The summed E-state index contributed by atoms with van der Waals surface area (Å²) < 4.78 is 25.5. The zero-order valence-corrected chi connectivity index (χ0v) is 13.9. The molecule has 2 aromatic carbocycles. The van der Waals surface area contributed by atoms with E-state index in [0.29, 0.717) is 26.9 Å². The first-order valence-electron chi connectivity index (χ1n) is 6.73. The summed E-state index contributed by atoms with van der Waals surface area (Å²) in [7, 11) is 1.54. The normalized spacial score (nSPS) is 10.6. The number of nitro benzene ring substituents is 1. The molecular weight excluding hydrogens is 383 g/mol. The Kier molecular flexibility index (Phi) is 4.30. The molecule has 0 saturated heterocycles. The van der Waals surface area contributed by atoms with Crippen molar-refractivity contribution in [1.82, 2.24) is 4.98 Å². The number of pyridine rings is 1. The van der Waals surface area contributed by atoms with Crippen molar-refractivity contribution in [3.63, 3.8) is 0 Å². The van der Waals surface area contributed by atoms with Crippen molar-refractivity contribution >= 4 is 32.5 Å². The largest absolute Gasteiger partial charge is 0.495 e. The highest BCUT2D eigenvalue weighted by molar-refractivity contribution is 9.10. The summed E-state index contributed by atoms with van der Waals surface area (Å²) in [5, 5.41) is 11.3. The number of ether oxygens (including phenoxy) is 2. The van der Waals surface area contributed by atoms with Crippen molar-refractivity contribution in [3.8, 4) is 17.2 Å². The lowest BCUT2D eigenvalue weighted by molar-refractivity contribution is -0.385. The van der Waals surface area contributed by atoms with Crippen LogP contribution in [0.1, 0.15) is 0 Å². The first-order valence-corrected chi connectivity index (χ1v) is 7.53. The number of aromatic nitrogens is 1. The van der Waals surface area contributed by atoms with Crippen molar-refractivity contribution < 1.29 is 18.8 Å². The van der Waals surface area contributed by atoms with Gasteiger partial charge < -0.3 is 9.47 Å². The molecule has 0 aliphatic heterocycles. The van der Waals surface area contributed by atoms with Crippen LogP contribution in [0, 0.1) is 15.9 Å². The molecule has 122 valence electrons. The Labute approximate surface area is 144 Å². The van der Waals surface area contributed by atoms with Crippen molar-refractivity contribution in [2.45, 2.75) is 0 Å². The average molecular weight is 393 g/mol. The van der Waals surface area contributed by atoms with Crippen LogP contribution in [-0.2, 0) is 0 Å². The van der Waals surface area contributed by atoms with Crippen molar-refractivity contribution in [2.24, 2.45) is 0 Å². The molecule has 1 heterocycles. The van der Waals surface area contributed by atoms with Crippen LogP contribution in [0.2, 0.25) is 0 Å². The highest BCUT2D eigenvalue weighted by Crippen LogP contribution is 2.36. The molecular formula is C16H10BrFN2O4. The lowest BCUT2D eigenvalue weighted by atomic mass is 10.2. The van der Waals surface area contributed by atoms with Gasteiger partial charge in [-0.1, -0.05) is 0 Å². The molecule has 0 N–H and O–H groups in total. The second-order valence-corrected chi connectivity index (χ2v) is 5.64. The molecule has 0 amide bonds. The zero-order valence-electron chi connectivity index (χ0n) is 12.3. The van der Waals surface area contributed by atoms with E-state index in [0.717, 1.165) is 6.07 Å². The molecule has 0 radical (unpaired) electrons. The molecule has 0 fully saturated rings. The van der Waals surface area contributed by atoms with Crippen LogP contribution in [0.5, 0.6) is 17.2 Å². The molecule has 8 heteroatoms. The molecule has 0 aliphatic carbocycles. The fourth-order valence-electron chi connectivity index (χ4n) is 2.17. The van der Waals surface area contributed by atoms with E-state index >= 15 is 0 Å². The van der Waals surface area contributed by atoms with Gasteiger partial charge in [-0.25, -0.2) is 4.39 Å². The predicted octanol–water partition coefficient (Wildman–Crippen LogP) is 4.85. The molecule has 0 spiro atoms. The van der Waals surface area contributed by atoms with Crippen LogP contribution in [-0.4, -0.2) is 17.0 Å². The number of non-ortho nitro benzene ring substituents is 1. The third-order valence-electron chi connectivity index (χ3n) is 3.32. The van der Waals surface area contributed by atoms with Gasteiger partial charge in [-0.3, -0.25) is 15.1 Å². The lowest BCUT2D eigenvalue weighted by Gasteiger charge is -2.11. The third-order valence-corrected chi connectivity index (χ3v) is 3.94. The summed E-state index contributed by atoms with van der Waals surface area (Å²) in [5.41, 5.74) is 0.266. The Bertz CT molecular complexity index is 949. The first-order chi connectivity index (χ1) is 11.5. The van der Waals surface area contributed by atoms with Crippen molar-refractivity contribution in [2.75, 3.05) is 7.11 Å². The highest BCUT2D eigenvalue weighted by Gasteiger charge is 2.14. The van der Waals surface area contributed by atoms with E-state index in [4.69, 9.17) is 9.47 Å². The third kappa shape index (κ3) is 3.00. The van der Waals surface area contributed by atoms with Gasteiger partial charge in [-0.2, -0.15) is 0 Å². The van der Waals surface area contributed by atoms with E-state index in [9.17, 15) is 14.5 Å². The summed E-state index contributed by atoms with van der Waals surface area (Å²) >= 11 is 3.38. The molecule has 0 saturated carbocycles. The minimum absolute atomic E-state index is 0.111. The van der Waals surface area contributed by atoms with Gasteiger partial charge in [0, 0.05) is 23.7 Å². The maximum absolute atomic E-state index is 14.0. The number of nitro groups is 1. The molecule has 0 atom stereocenters. The number of hydrogen-bond acceptors (Lipinski definition) is 5. The van der Waals surface area contributed by atoms with Gasteiger partial charge in [-0.15, -0.1) is 0 Å². The molecule has 6 nitrogen and oxygen atoms in total. The number of fused-ring (bicyclic) bond motifs is 1. The number of nitrogens with zero attached hydrogens (tertiary/aromatic N) is 2. The minimum atomic E-state index is -0.818. The summed E-state index contributed by atoms with van der Waals surface area (Å²) in [6.45, 7) is 0. The van der Waals surface area contributed by atoms with Gasteiger partial charge in [0.1, 0.15) is 11.5 Å². The van der Waals surface area contributed by atoms with Gasteiger partial charge in [0.2, 0.25) is 0 Å². The number of halogens is 2. The number of methoxy groups -OCH3 is 1. The van der Waals surface area contributed by atoms with Gasteiger partial charge in [0.05, 0.1) is 28.1 Å².